The van der Waals surface area contributed by atoms with E-state index in [9.17, 15) is 0 Å². The van der Waals surface area contributed by atoms with Crippen LogP contribution in [0.5, 0.6) is 0 Å². The van der Waals surface area contributed by atoms with Gasteiger partial charge in [0.05, 0.1) is 0 Å². The van der Waals surface area contributed by atoms with E-state index in [1.54, 1.807) is 0 Å². The Morgan fingerprint density at radius 1 is 0.667 bits per heavy atom. The van der Waals surface area contributed by atoms with Crippen LogP contribution in [0.2, 0.25) is 23.3 Å². The van der Waals surface area contributed by atoms with E-state index in [2.05, 4.69) is 23.3 Å². The molecule has 0 nitrogen and oxygen atoms in total. The Kier molecular flexibility index (Phi) is 28.0. The Balaban J connectivity index is 0. The van der Waals surface area contributed by atoms with Gasteiger partial charge >= 0.3 is 53.2 Å². The molecule has 6 heavy (non-hydrogen) atoms. The van der Waals surface area contributed by atoms with Crippen LogP contribution >= 0.6 is 0 Å². The van der Waals surface area contributed by atoms with Crippen molar-refractivity contribution in [3.8, 4) is 0 Å². The predicted molar refractivity (Wildman–Crippen MR) is 35.0 cm³/mol. The van der Waals surface area contributed by atoms with Crippen LogP contribution in [-0.2, 0) is 0 Å². The second-order valence-electron chi connectivity index (χ2n) is 0.816. The first-order valence-corrected chi connectivity index (χ1v) is 8.49. The number of hydrogen-bond donors (Lipinski definition) is 0. The zero-order valence-electron chi connectivity index (χ0n) is 4.82. The molecule has 0 bridgehead atoms. The Labute approximate surface area is 53.4 Å². The summed E-state index contributed by atoms with van der Waals surface area (Å²) >= 11 is 1.75. The van der Waals surface area contributed by atoms with Crippen molar-refractivity contribution < 1.29 is 0 Å². The first-order chi connectivity index (χ1) is 2.83. The summed E-state index contributed by atoms with van der Waals surface area (Å²) in [5, 5.41) is 0. The second-order valence-corrected chi connectivity index (χ2v) is 4.24. The molecule has 0 saturated heterocycles. The molecule has 0 spiro atoms. The molecule has 0 aliphatic carbocycles. The Hall–Kier alpha value is 1.04. The minimum absolute atomic E-state index is 0.875. The van der Waals surface area contributed by atoms with Gasteiger partial charge in [-0.1, -0.05) is 0 Å². The van der Waals surface area contributed by atoms with Crippen LogP contribution in [0.3, 0.4) is 0 Å². The van der Waals surface area contributed by atoms with Gasteiger partial charge in [-0.05, 0) is 0 Å². The van der Waals surface area contributed by atoms with Gasteiger partial charge in [-0.15, -0.1) is 0 Å². The molecule has 0 unspecified atom stereocenters. The standard InChI is InChI=1S/2C2H6Se/c2*1-3-2/h2*1-2H3. The summed E-state index contributed by atoms with van der Waals surface area (Å²) in [7, 11) is 0. The van der Waals surface area contributed by atoms with Crippen molar-refractivity contribution in [1.29, 1.82) is 0 Å². The van der Waals surface area contributed by atoms with Crippen LogP contribution in [0.15, 0.2) is 0 Å². The van der Waals surface area contributed by atoms with E-state index in [1.807, 2.05) is 0 Å². The van der Waals surface area contributed by atoms with Crippen LogP contribution in [0.4, 0.5) is 0 Å². The van der Waals surface area contributed by atoms with E-state index >= 15 is 0 Å². The van der Waals surface area contributed by atoms with Gasteiger partial charge < -0.3 is 0 Å². The van der Waals surface area contributed by atoms with Crippen LogP contribution < -0.4 is 0 Å². The van der Waals surface area contributed by atoms with Crippen molar-refractivity contribution in [2.24, 2.45) is 0 Å². The van der Waals surface area contributed by atoms with E-state index in [1.165, 1.54) is 0 Å². The number of rotatable bonds is 0. The van der Waals surface area contributed by atoms with Gasteiger partial charge in [0.1, 0.15) is 0 Å². The average molecular weight is 218 g/mol. The zero-order chi connectivity index (χ0) is 5.41. The summed E-state index contributed by atoms with van der Waals surface area (Å²) in [5.74, 6) is 8.75. The summed E-state index contributed by atoms with van der Waals surface area (Å²) in [6.07, 6.45) is 0. The van der Waals surface area contributed by atoms with Crippen molar-refractivity contribution in [1.82, 2.24) is 0 Å². The third-order valence-corrected chi connectivity index (χ3v) is 0. The van der Waals surface area contributed by atoms with Crippen molar-refractivity contribution in [3.63, 3.8) is 0 Å². The molecule has 2 heteroatoms. The minimum atomic E-state index is 0.875. The van der Waals surface area contributed by atoms with E-state index in [0.29, 0.717) is 0 Å². The maximum atomic E-state index is 2.19. The van der Waals surface area contributed by atoms with Gasteiger partial charge in [-0.25, -0.2) is 0 Å². The Bertz CT molecular complexity index is 7.51. The van der Waals surface area contributed by atoms with Crippen molar-refractivity contribution in [2.75, 3.05) is 0 Å². The molecule has 0 aliphatic heterocycles. The van der Waals surface area contributed by atoms with E-state index in [-0.39, 0.29) is 0 Å². The van der Waals surface area contributed by atoms with Gasteiger partial charge in [0.2, 0.25) is 0 Å². The monoisotopic (exact) mass is 220 g/mol. The molecule has 40 valence electrons. The molecule has 0 atom stereocenters. The summed E-state index contributed by atoms with van der Waals surface area (Å²) < 4.78 is 0. The first-order valence-electron chi connectivity index (χ1n) is 1.63. The summed E-state index contributed by atoms with van der Waals surface area (Å²) in [5.41, 5.74) is 0. The molecule has 0 aromatic heterocycles. The molecule has 0 amide bonds. The first kappa shape index (κ1) is 10.1. The van der Waals surface area contributed by atoms with Crippen LogP contribution in [0.25, 0.3) is 0 Å². The van der Waals surface area contributed by atoms with Crippen LogP contribution in [0.1, 0.15) is 0 Å². The van der Waals surface area contributed by atoms with Gasteiger partial charge in [0.15, 0.2) is 0 Å². The molecule has 0 N–H and O–H groups in total. The summed E-state index contributed by atoms with van der Waals surface area (Å²) in [6, 6.07) is 0. The molecule has 0 rings (SSSR count). The fourth-order valence-corrected chi connectivity index (χ4v) is 0. The van der Waals surface area contributed by atoms with E-state index in [0.717, 1.165) is 29.9 Å². The Morgan fingerprint density at radius 2 is 0.667 bits per heavy atom. The van der Waals surface area contributed by atoms with Gasteiger partial charge in [0, 0.05) is 0 Å². The van der Waals surface area contributed by atoms with Gasteiger partial charge in [0.25, 0.3) is 0 Å². The molecule has 0 saturated carbocycles. The van der Waals surface area contributed by atoms with E-state index in [4.69, 9.17) is 0 Å². The Morgan fingerprint density at radius 3 is 0.667 bits per heavy atom. The predicted octanol–water partition coefficient (Wildman–Crippen LogP) is 1.57. The van der Waals surface area contributed by atoms with Crippen molar-refractivity contribution in [2.45, 2.75) is 23.3 Å². The summed E-state index contributed by atoms with van der Waals surface area (Å²) in [4.78, 5) is 0. The molecule has 0 aromatic rings. The second kappa shape index (κ2) is 16.6. The maximum absolute atomic E-state index is 2.19. The quantitative estimate of drug-likeness (QED) is 0.541. The fraction of sp³-hybridized carbons (Fsp3) is 1.00. The molecule has 0 aromatic carbocycles. The van der Waals surface area contributed by atoms with Gasteiger partial charge in [-0.2, -0.15) is 0 Å². The molecule has 0 fully saturated rings. The topological polar surface area (TPSA) is 0 Å². The number of hydrogen-bond acceptors (Lipinski definition) is 0. The van der Waals surface area contributed by atoms with Crippen molar-refractivity contribution >= 4 is 29.9 Å². The van der Waals surface area contributed by atoms with Gasteiger partial charge in [-0.3, -0.25) is 0 Å². The van der Waals surface area contributed by atoms with Crippen LogP contribution in [0, 0.1) is 0 Å². The van der Waals surface area contributed by atoms with E-state index < -0.39 is 0 Å². The SMILES string of the molecule is C[Se]C.C[Se]C. The third kappa shape index (κ3) is 76.2. The third-order valence-electron chi connectivity index (χ3n) is 0. The average Bonchev–Trinajstić information content (AvgIpc) is 1.39. The molecule has 0 aliphatic rings. The normalized spacial score (nSPS) is 6.00. The molecule has 0 radical (unpaired) electrons. The molecule has 0 heterocycles. The molecular formula is C4H12Se2. The summed E-state index contributed by atoms with van der Waals surface area (Å²) in [6.45, 7) is 0. The van der Waals surface area contributed by atoms with Crippen molar-refractivity contribution in [3.05, 3.63) is 0 Å². The van der Waals surface area contributed by atoms with Crippen LogP contribution in [-0.4, -0.2) is 29.9 Å². The molecular weight excluding hydrogens is 206 g/mol. The zero-order valence-corrected chi connectivity index (χ0v) is 8.24. The fourth-order valence-electron chi connectivity index (χ4n) is 0.